The molecule has 0 fully saturated rings. The van der Waals surface area contributed by atoms with Crippen LogP contribution in [0.2, 0.25) is 0 Å². The zero-order valence-electron chi connectivity index (χ0n) is 11.8. The molecule has 0 aliphatic carbocycles. The van der Waals surface area contributed by atoms with Gasteiger partial charge in [0.05, 0.1) is 6.26 Å². The highest BCUT2D eigenvalue weighted by atomic mass is 32.2. The fraction of sp³-hybridized carbons (Fsp3) is 1.00. The summed E-state index contributed by atoms with van der Waals surface area (Å²) in [6.45, 7) is 5.56. The quantitative estimate of drug-likeness (QED) is 0.721. The van der Waals surface area contributed by atoms with Gasteiger partial charge in [-0.2, -0.15) is 13.2 Å². The van der Waals surface area contributed by atoms with Crippen molar-refractivity contribution in [2.24, 2.45) is 0 Å². The zero-order chi connectivity index (χ0) is 15.3. The molecule has 0 aliphatic heterocycles. The van der Waals surface area contributed by atoms with E-state index in [1.807, 2.05) is 0 Å². The van der Waals surface area contributed by atoms with Crippen LogP contribution in [-0.2, 0) is 10.0 Å². The average molecular weight is 304 g/mol. The third-order valence-corrected chi connectivity index (χ3v) is 3.37. The second-order valence-electron chi connectivity index (χ2n) is 5.55. The van der Waals surface area contributed by atoms with Crippen LogP contribution in [0.15, 0.2) is 0 Å². The molecule has 8 heteroatoms. The van der Waals surface area contributed by atoms with E-state index in [0.29, 0.717) is 13.0 Å². The fourth-order valence-electron chi connectivity index (χ4n) is 1.68. The molecule has 0 aromatic heterocycles. The third-order valence-electron chi connectivity index (χ3n) is 2.45. The third kappa shape index (κ3) is 12.4. The van der Waals surface area contributed by atoms with Gasteiger partial charge in [-0.05, 0) is 33.6 Å². The normalized spacial score (nSPS) is 15.5. The lowest BCUT2D eigenvalue weighted by molar-refractivity contribution is -0.135. The Morgan fingerprint density at radius 1 is 1.21 bits per heavy atom. The van der Waals surface area contributed by atoms with Crippen molar-refractivity contribution < 1.29 is 21.6 Å². The summed E-state index contributed by atoms with van der Waals surface area (Å²) >= 11 is 0. The van der Waals surface area contributed by atoms with Gasteiger partial charge in [0.25, 0.3) is 0 Å². The lowest BCUT2D eigenvalue weighted by Gasteiger charge is -2.27. The van der Waals surface area contributed by atoms with Crippen LogP contribution in [0.25, 0.3) is 0 Å². The molecule has 0 rings (SSSR count). The predicted molar refractivity (Wildman–Crippen MR) is 69.4 cm³/mol. The van der Waals surface area contributed by atoms with Crippen LogP contribution in [0.5, 0.6) is 0 Å². The topological polar surface area (TPSA) is 58.2 Å². The molecule has 0 spiro atoms. The monoisotopic (exact) mass is 304 g/mol. The molecule has 0 amide bonds. The van der Waals surface area contributed by atoms with Gasteiger partial charge in [-0.1, -0.05) is 0 Å². The van der Waals surface area contributed by atoms with Gasteiger partial charge < -0.3 is 5.32 Å². The number of rotatable bonds is 8. The first kappa shape index (κ1) is 18.7. The Hall–Kier alpha value is -0.340. The number of sulfonamides is 1. The molecule has 19 heavy (non-hydrogen) atoms. The Bertz CT molecular complexity index is 367. The molecule has 0 saturated carbocycles. The Morgan fingerprint density at radius 3 is 2.16 bits per heavy atom. The molecular weight excluding hydrogens is 281 g/mol. The molecule has 1 atom stereocenters. The maximum Gasteiger partial charge on any atom is 0.389 e. The molecule has 0 aliphatic rings. The van der Waals surface area contributed by atoms with Gasteiger partial charge in [0.2, 0.25) is 10.0 Å². The van der Waals surface area contributed by atoms with Crippen molar-refractivity contribution >= 4 is 10.0 Å². The van der Waals surface area contributed by atoms with Gasteiger partial charge in [-0.25, -0.2) is 13.1 Å². The van der Waals surface area contributed by atoms with E-state index in [4.69, 9.17) is 0 Å². The van der Waals surface area contributed by atoms with Crippen molar-refractivity contribution in [3.63, 3.8) is 0 Å². The van der Waals surface area contributed by atoms with Crippen LogP contribution in [0.3, 0.4) is 0 Å². The highest BCUT2D eigenvalue weighted by molar-refractivity contribution is 7.88. The second-order valence-corrected chi connectivity index (χ2v) is 7.30. The molecule has 2 N–H and O–H groups in total. The molecule has 0 aromatic rings. The van der Waals surface area contributed by atoms with Crippen molar-refractivity contribution in [3.05, 3.63) is 0 Å². The smallest absolute Gasteiger partial charge is 0.312 e. The molecule has 1 unspecified atom stereocenters. The van der Waals surface area contributed by atoms with Gasteiger partial charge in [-0.3, -0.25) is 0 Å². The molecule has 0 bridgehead atoms. The zero-order valence-corrected chi connectivity index (χ0v) is 12.6. The van der Waals surface area contributed by atoms with E-state index >= 15 is 0 Å². The van der Waals surface area contributed by atoms with Crippen molar-refractivity contribution in [1.82, 2.24) is 10.0 Å². The van der Waals surface area contributed by atoms with Gasteiger partial charge in [-0.15, -0.1) is 0 Å². The van der Waals surface area contributed by atoms with Crippen molar-refractivity contribution in [2.75, 3.05) is 12.8 Å². The molecule has 4 nitrogen and oxygen atoms in total. The van der Waals surface area contributed by atoms with E-state index in [-0.39, 0.29) is 12.5 Å². The lowest BCUT2D eigenvalue weighted by atomic mass is 10.1. The van der Waals surface area contributed by atoms with Gasteiger partial charge in [0.15, 0.2) is 0 Å². The predicted octanol–water partition coefficient (Wildman–Crippen LogP) is 2.02. The molecular formula is C11H23F3N2O2S. The number of nitrogens with one attached hydrogen (secondary N) is 2. The highest BCUT2D eigenvalue weighted by Crippen LogP contribution is 2.22. The highest BCUT2D eigenvalue weighted by Gasteiger charge is 2.27. The van der Waals surface area contributed by atoms with Crippen LogP contribution in [-0.4, -0.2) is 39.0 Å². The first-order chi connectivity index (χ1) is 8.31. The SMILES string of the molecule is CC(CCCC(F)(F)F)NCC(C)(C)NS(C)(=O)=O. The van der Waals surface area contributed by atoms with Crippen molar-refractivity contribution in [3.8, 4) is 0 Å². The summed E-state index contributed by atoms with van der Waals surface area (Å²) in [5.41, 5.74) is -0.675. The van der Waals surface area contributed by atoms with Crippen LogP contribution >= 0.6 is 0 Å². The maximum absolute atomic E-state index is 12.0. The van der Waals surface area contributed by atoms with Gasteiger partial charge in [0.1, 0.15) is 0 Å². The Balaban J connectivity index is 3.99. The minimum Gasteiger partial charge on any atom is -0.312 e. The molecule has 0 heterocycles. The van der Waals surface area contributed by atoms with Crippen LogP contribution in [0.4, 0.5) is 13.2 Å². The lowest BCUT2D eigenvalue weighted by Crippen LogP contribution is -2.51. The average Bonchev–Trinajstić information content (AvgIpc) is 2.09. The van der Waals surface area contributed by atoms with E-state index in [1.165, 1.54) is 0 Å². The van der Waals surface area contributed by atoms with Crippen molar-refractivity contribution in [2.45, 2.75) is 57.8 Å². The first-order valence-electron chi connectivity index (χ1n) is 6.10. The second kappa shape index (κ2) is 6.90. The van der Waals surface area contributed by atoms with Crippen LogP contribution in [0, 0.1) is 0 Å². The summed E-state index contributed by atoms with van der Waals surface area (Å²) in [6.07, 6.45) is -3.37. The van der Waals surface area contributed by atoms with Crippen LogP contribution in [0.1, 0.15) is 40.0 Å². The van der Waals surface area contributed by atoms with E-state index in [1.54, 1.807) is 20.8 Å². The summed E-state index contributed by atoms with van der Waals surface area (Å²) in [5, 5.41) is 3.04. The van der Waals surface area contributed by atoms with E-state index in [2.05, 4.69) is 10.0 Å². The Kier molecular flexibility index (Phi) is 6.77. The molecule has 116 valence electrons. The number of hydrogen-bond donors (Lipinski definition) is 2. The Morgan fingerprint density at radius 2 is 1.74 bits per heavy atom. The molecule has 0 radical (unpaired) electrons. The van der Waals surface area contributed by atoms with E-state index in [9.17, 15) is 21.6 Å². The number of halogens is 3. The minimum absolute atomic E-state index is 0.0671. The summed E-state index contributed by atoms with van der Waals surface area (Å²) < 4.78 is 60.6. The summed E-state index contributed by atoms with van der Waals surface area (Å²) in [5.74, 6) is 0. The van der Waals surface area contributed by atoms with E-state index in [0.717, 1.165) is 6.26 Å². The summed E-state index contributed by atoms with van der Waals surface area (Å²) in [7, 11) is -3.30. The number of alkyl halides is 3. The summed E-state index contributed by atoms with van der Waals surface area (Å²) in [6, 6.07) is -0.0945. The molecule has 0 aromatic carbocycles. The van der Waals surface area contributed by atoms with Gasteiger partial charge in [0, 0.05) is 24.5 Å². The Labute approximate surface area is 113 Å². The maximum atomic E-state index is 12.0. The largest absolute Gasteiger partial charge is 0.389 e. The fourth-order valence-corrected chi connectivity index (χ4v) is 2.75. The van der Waals surface area contributed by atoms with Gasteiger partial charge >= 0.3 is 6.18 Å². The van der Waals surface area contributed by atoms with Crippen LogP contribution < -0.4 is 10.0 Å². The molecule has 0 saturated heterocycles. The minimum atomic E-state index is -4.11. The first-order valence-corrected chi connectivity index (χ1v) is 7.99. The van der Waals surface area contributed by atoms with E-state index < -0.39 is 28.2 Å². The van der Waals surface area contributed by atoms with Crippen molar-refractivity contribution in [1.29, 1.82) is 0 Å². The standard InChI is InChI=1S/C11H23F3N2O2S/c1-9(6-5-7-11(12,13)14)15-8-10(2,3)16-19(4,17)18/h9,15-16H,5-8H2,1-4H3. The summed E-state index contributed by atoms with van der Waals surface area (Å²) in [4.78, 5) is 0. The number of hydrogen-bond acceptors (Lipinski definition) is 3.